The van der Waals surface area contributed by atoms with Crippen LogP contribution in [0.4, 0.5) is 5.69 Å². The van der Waals surface area contributed by atoms with Crippen molar-refractivity contribution >= 4 is 5.69 Å². The Balaban J connectivity index is 1.64. The molecule has 0 radical (unpaired) electrons. The normalized spacial score (nSPS) is 15.6. The van der Waals surface area contributed by atoms with Crippen molar-refractivity contribution in [3.63, 3.8) is 0 Å². The number of fused-ring (bicyclic) bond motifs is 1. The minimum atomic E-state index is -0.0974. The first-order valence-electron chi connectivity index (χ1n) is 7.24. The SMILES string of the molecule is CC1(C)Cc2cc(CNc3cnn(CCO)c3)ccc2O1. The van der Waals surface area contributed by atoms with Gasteiger partial charge < -0.3 is 15.2 Å². The van der Waals surface area contributed by atoms with Crippen LogP contribution in [-0.2, 0) is 19.5 Å². The summed E-state index contributed by atoms with van der Waals surface area (Å²) in [5, 5.41) is 16.4. The molecule has 1 aliphatic rings. The molecule has 5 nitrogen and oxygen atoms in total. The van der Waals surface area contributed by atoms with Crippen molar-refractivity contribution in [2.75, 3.05) is 11.9 Å². The van der Waals surface area contributed by atoms with Crippen LogP contribution in [0.3, 0.4) is 0 Å². The number of aliphatic hydroxyl groups is 1. The van der Waals surface area contributed by atoms with Gasteiger partial charge in [-0.1, -0.05) is 12.1 Å². The van der Waals surface area contributed by atoms with Gasteiger partial charge in [-0.25, -0.2) is 0 Å². The molecule has 0 fully saturated rings. The van der Waals surface area contributed by atoms with Crippen LogP contribution in [0, 0.1) is 0 Å². The molecule has 2 heterocycles. The lowest BCUT2D eigenvalue weighted by molar-refractivity contribution is 0.138. The first-order valence-corrected chi connectivity index (χ1v) is 7.24. The van der Waals surface area contributed by atoms with Crippen LogP contribution in [0.25, 0.3) is 0 Å². The molecular weight excluding hydrogens is 266 g/mol. The molecule has 1 aliphatic heterocycles. The van der Waals surface area contributed by atoms with Crippen molar-refractivity contribution < 1.29 is 9.84 Å². The highest BCUT2D eigenvalue weighted by Gasteiger charge is 2.29. The molecule has 1 aromatic heterocycles. The summed E-state index contributed by atoms with van der Waals surface area (Å²) in [4.78, 5) is 0. The Hall–Kier alpha value is -2.01. The molecule has 0 atom stereocenters. The topological polar surface area (TPSA) is 59.3 Å². The van der Waals surface area contributed by atoms with E-state index in [2.05, 4.69) is 42.5 Å². The summed E-state index contributed by atoms with van der Waals surface area (Å²) >= 11 is 0. The van der Waals surface area contributed by atoms with E-state index in [1.165, 1.54) is 11.1 Å². The van der Waals surface area contributed by atoms with Gasteiger partial charge in [-0.3, -0.25) is 4.68 Å². The highest BCUT2D eigenvalue weighted by Crippen LogP contribution is 2.35. The number of nitrogens with one attached hydrogen (secondary N) is 1. The first-order chi connectivity index (χ1) is 10.1. The zero-order valence-electron chi connectivity index (χ0n) is 12.5. The summed E-state index contributed by atoms with van der Waals surface area (Å²) in [7, 11) is 0. The second-order valence-electron chi connectivity index (χ2n) is 6.05. The predicted octanol–water partition coefficient (Wildman–Crippen LogP) is 2.20. The summed E-state index contributed by atoms with van der Waals surface area (Å²) in [6, 6.07) is 6.34. The maximum atomic E-state index is 8.88. The van der Waals surface area contributed by atoms with Crippen LogP contribution in [0.1, 0.15) is 25.0 Å². The summed E-state index contributed by atoms with van der Waals surface area (Å²) in [6.45, 7) is 5.59. The van der Waals surface area contributed by atoms with Crippen molar-refractivity contribution in [1.29, 1.82) is 0 Å². The number of nitrogens with zero attached hydrogens (tertiary/aromatic N) is 2. The molecule has 0 spiro atoms. The van der Waals surface area contributed by atoms with Gasteiger partial charge in [-0.05, 0) is 31.0 Å². The van der Waals surface area contributed by atoms with Crippen molar-refractivity contribution in [1.82, 2.24) is 9.78 Å². The van der Waals surface area contributed by atoms with E-state index in [9.17, 15) is 0 Å². The number of hydrogen-bond donors (Lipinski definition) is 2. The van der Waals surface area contributed by atoms with Crippen LogP contribution >= 0.6 is 0 Å². The molecule has 3 rings (SSSR count). The Kier molecular flexibility index (Phi) is 3.59. The summed E-state index contributed by atoms with van der Waals surface area (Å²) in [5.41, 5.74) is 3.36. The van der Waals surface area contributed by atoms with Crippen LogP contribution in [0.15, 0.2) is 30.6 Å². The Bertz CT molecular complexity index is 634. The van der Waals surface area contributed by atoms with Crippen LogP contribution < -0.4 is 10.1 Å². The lowest BCUT2D eigenvalue weighted by Gasteiger charge is -2.16. The molecule has 0 saturated heterocycles. The van der Waals surface area contributed by atoms with E-state index in [1.54, 1.807) is 10.9 Å². The van der Waals surface area contributed by atoms with Gasteiger partial charge in [-0.15, -0.1) is 0 Å². The highest BCUT2D eigenvalue weighted by molar-refractivity contribution is 5.44. The van der Waals surface area contributed by atoms with E-state index >= 15 is 0 Å². The maximum Gasteiger partial charge on any atom is 0.123 e. The second kappa shape index (κ2) is 5.41. The number of anilines is 1. The number of ether oxygens (including phenoxy) is 1. The average molecular weight is 287 g/mol. The molecule has 0 aliphatic carbocycles. The summed E-state index contributed by atoms with van der Waals surface area (Å²) < 4.78 is 7.61. The van der Waals surface area contributed by atoms with E-state index in [4.69, 9.17) is 9.84 Å². The van der Waals surface area contributed by atoms with E-state index in [0.29, 0.717) is 6.54 Å². The number of rotatable bonds is 5. The molecule has 5 heteroatoms. The van der Waals surface area contributed by atoms with Crippen LogP contribution in [0.2, 0.25) is 0 Å². The van der Waals surface area contributed by atoms with E-state index in [1.807, 2.05) is 6.20 Å². The highest BCUT2D eigenvalue weighted by atomic mass is 16.5. The minimum Gasteiger partial charge on any atom is -0.487 e. The van der Waals surface area contributed by atoms with E-state index in [0.717, 1.165) is 24.4 Å². The van der Waals surface area contributed by atoms with Crippen molar-refractivity contribution in [3.05, 3.63) is 41.7 Å². The zero-order valence-corrected chi connectivity index (χ0v) is 12.5. The van der Waals surface area contributed by atoms with Gasteiger partial charge in [0.2, 0.25) is 0 Å². The van der Waals surface area contributed by atoms with Crippen molar-refractivity contribution in [3.8, 4) is 5.75 Å². The molecule has 21 heavy (non-hydrogen) atoms. The maximum absolute atomic E-state index is 8.88. The van der Waals surface area contributed by atoms with Gasteiger partial charge in [0.05, 0.1) is 25.0 Å². The molecule has 0 bridgehead atoms. The van der Waals surface area contributed by atoms with E-state index in [-0.39, 0.29) is 12.2 Å². The smallest absolute Gasteiger partial charge is 0.123 e. The van der Waals surface area contributed by atoms with Gasteiger partial charge in [0.25, 0.3) is 0 Å². The van der Waals surface area contributed by atoms with E-state index < -0.39 is 0 Å². The molecule has 0 saturated carbocycles. The molecule has 2 N–H and O–H groups in total. The van der Waals surface area contributed by atoms with Crippen molar-refractivity contribution in [2.45, 2.75) is 39.0 Å². The van der Waals surface area contributed by atoms with Crippen LogP contribution in [0.5, 0.6) is 5.75 Å². The fourth-order valence-electron chi connectivity index (χ4n) is 2.66. The quantitative estimate of drug-likeness (QED) is 0.885. The third-order valence-electron chi connectivity index (χ3n) is 3.59. The lowest BCUT2D eigenvalue weighted by Crippen LogP contribution is -2.24. The first kappa shape index (κ1) is 13.9. The van der Waals surface area contributed by atoms with Gasteiger partial charge in [-0.2, -0.15) is 5.10 Å². The summed E-state index contributed by atoms with van der Waals surface area (Å²) in [5.74, 6) is 1.000. The van der Waals surface area contributed by atoms with Gasteiger partial charge in [0, 0.05) is 19.2 Å². The molecule has 112 valence electrons. The Morgan fingerprint density at radius 1 is 1.43 bits per heavy atom. The van der Waals surface area contributed by atoms with Gasteiger partial charge in [0.15, 0.2) is 0 Å². The fraction of sp³-hybridized carbons (Fsp3) is 0.438. The molecule has 2 aromatic rings. The number of aliphatic hydroxyl groups excluding tert-OH is 1. The number of aromatic nitrogens is 2. The number of hydrogen-bond acceptors (Lipinski definition) is 4. The molecular formula is C16H21N3O2. The third-order valence-corrected chi connectivity index (χ3v) is 3.59. The monoisotopic (exact) mass is 287 g/mol. The largest absolute Gasteiger partial charge is 0.487 e. The van der Waals surface area contributed by atoms with Crippen LogP contribution in [-0.4, -0.2) is 27.1 Å². The Labute approximate surface area is 124 Å². The molecule has 1 aromatic carbocycles. The minimum absolute atomic E-state index is 0.0974. The third kappa shape index (κ3) is 3.19. The summed E-state index contributed by atoms with van der Waals surface area (Å²) in [6.07, 6.45) is 4.62. The molecule has 0 unspecified atom stereocenters. The number of benzene rings is 1. The molecule has 0 amide bonds. The lowest BCUT2D eigenvalue weighted by atomic mass is 10.0. The average Bonchev–Trinajstić information content (AvgIpc) is 2.98. The Morgan fingerprint density at radius 2 is 2.29 bits per heavy atom. The Morgan fingerprint density at radius 3 is 3.10 bits per heavy atom. The van der Waals surface area contributed by atoms with Gasteiger partial charge >= 0.3 is 0 Å². The zero-order chi connectivity index (χ0) is 14.9. The fourth-order valence-corrected chi connectivity index (χ4v) is 2.66. The van der Waals surface area contributed by atoms with Crippen molar-refractivity contribution in [2.24, 2.45) is 0 Å². The standard InChI is InChI=1S/C16H21N3O2/c1-16(2)8-13-7-12(3-4-15(13)21-16)9-17-14-10-18-19(11-14)5-6-20/h3-4,7,10-11,17,20H,5-6,8-9H2,1-2H3. The predicted molar refractivity (Wildman–Crippen MR) is 81.5 cm³/mol. The second-order valence-corrected chi connectivity index (χ2v) is 6.05. The van der Waals surface area contributed by atoms with Gasteiger partial charge in [0.1, 0.15) is 11.4 Å².